The SMILES string of the molecule is COc1cc(F)cc2c1nc(N)n1nc(C3CCCN(c4cn(CC(C)(C)O)nc4C)C3)nc21. The summed E-state index contributed by atoms with van der Waals surface area (Å²) in [5, 5.41) is 19.9. The van der Waals surface area contributed by atoms with Gasteiger partial charge in [-0.3, -0.25) is 4.68 Å². The number of aliphatic hydroxyl groups is 1. The molecular weight excluding hydrogens is 439 g/mol. The van der Waals surface area contributed by atoms with Crippen LogP contribution in [-0.4, -0.2) is 60.3 Å². The molecule has 3 N–H and O–H groups in total. The van der Waals surface area contributed by atoms with Crippen LogP contribution in [0, 0.1) is 12.7 Å². The summed E-state index contributed by atoms with van der Waals surface area (Å²) in [4.78, 5) is 11.4. The standard InChI is InChI=1S/C23H29FN8O2/c1-13-17(11-31(28-13)12-23(2,3)33)30-7-5-6-14(10-30)20-27-21-16-8-15(24)9-18(34-4)19(16)26-22(25)32(21)29-20/h8-9,11,14,33H,5-7,10,12H2,1-4H3,(H2,25,26). The van der Waals surface area contributed by atoms with Crippen molar-refractivity contribution in [3.63, 3.8) is 0 Å². The number of nitrogens with zero attached hydrogens (tertiary/aromatic N) is 7. The van der Waals surface area contributed by atoms with Crippen LogP contribution in [0.5, 0.6) is 5.75 Å². The van der Waals surface area contributed by atoms with Crippen molar-refractivity contribution in [2.24, 2.45) is 0 Å². The Bertz CT molecular complexity index is 1370. The summed E-state index contributed by atoms with van der Waals surface area (Å²) in [6.45, 7) is 7.54. The highest BCUT2D eigenvalue weighted by Gasteiger charge is 2.28. The summed E-state index contributed by atoms with van der Waals surface area (Å²) >= 11 is 0. The Morgan fingerprint density at radius 2 is 2.06 bits per heavy atom. The van der Waals surface area contributed by atoms with Gasteiger partial charge < -0.3 is 20.5 Å². The second-order valence-electron chi connectivity index (χ2n) is 9.57. The summed E-state index contributed by atoms with van der Waals surface area (Å²) in [5.74, 6) is 0.745. The molecule has 34 heavy (non-hydrogen) atoms. The van der Waals surface area contributed by atoms with Crippen molar-refractivity contribution in [3.05, 3.63) is 35.7 Å². The number of benzene rings is 1. The zero-order valence-electron chi connectivity index (χ0n) is 19.8. The average molecular weight is 469 g/mol. The fourth-order valence-corrected chi connectivity index (χ4v) is 4.71. The van der Waals surface area contributed by atoms with Crippen LogP contribution in [0.3, 0.4) is 0 Å². The first kappa shape index (κ1) is 22.3. The van der Waals surface area contributed by atoms with E-state index in [2.05, 4.69) is 20.1 Å². The molecule has 0 aliphatic carbocycles. The van der Waals surface area contributed by atoms with Crippen LogP contribution in [0.15, 0.2) is 18.3 Å². The number of nitrogen functional groups attached to an aromatic ring is 1. The van der Waals surface area contributed by atoms with Gasteiger partial charge in [0.2, 0.25) is 5.95 Å². The molecule has 1 unspecified atom stereocenters. The van der Waals surface area contributed by atoms with Gasteiger partial charge in [-0.2, -0.15) is 9.61 Å². The lowest BCUT2D eigenvalue weighted by atomic mass is 9.97. The predicted octanol–water partition coefficient (Wildman–Crippen LogP) is 2.67. The Hall–Kier alpha value is -3.47. The Morgan fingerprint density at radius 3 is 2.79 bits per heavy atom. The molecule has 0 radical (unpaired) electrons. The first-order valence-corrected chi connectivity index (χ1v) is 11.3. The lowest BCUT2D eigenvalue weighted by molar-refractivity contribution is 0.0577. The largest absolute Gasteiger partial charge is 0.494 e. The van der Waals surface area contributed by atoms with Crippen LogP contribution >= 0.6 is 0 Å². The first-order valence-electron chi connectivity index (χ1n) is 11.3. The van der Waals surface area contributed by atoms with Crippen LogP contribution in [0.1, 0.15) is 44.1 Å². The van der Waals surface area contributed by atoms with Crippen LogP contribution in [0.25, 0.3) is 16.6 Å². The van der Waals surface area contributed by atoms with Gasteiger partial charge in [-0.15, -0.1) is 5.10 Å². The second-order valence-corrected chi connectivity index (χ2v) is 9.57. The predicted molar refractivity (Wildman–Crippen MR) is 127 cm³/mol. The third-order valence-corrected chi connectivity index (χ3v) is 6.16. The fraction of sp³-hybridized carbons (Fsp3) is 0.478. The van der Waals surface area contributed by atoms with Crippen molar-refractivity contribution in [1.29, 1.82) is 0 Å². The van der Waals surface area contributed by atoms with Gasteiger partial charge in [-0.05, 0) is 39.7 Å². The lowest BCUT2D eigenvalue weighted by Gasteiger charge is -2.32. The molecule has 1 fully saturated rings. The number of ether oxygens (including phenoxy) is 1. The first-order chi connectivity index (χ1) is 16.1. The number of nitrogens with two attached hydrogens (primary N) is 1. The maximum absolute atomic E-state index is 14.2. The van der Waals surface area contributed by atoms with E-state index in [4.69, 9.17) is 15.5 Å². The van der Waals surface area contributed by atoms with Crippen LogP contribution in [0.4, 0.5) is 16.0 Å². The van der Waals surface area contributed by atoms with E-state index in [0.29, 0.717) is 34.7 Å². The molecule has 11 heteroatoms. The highest BCUT2D eigenvalue weighted by atomic mass is 19.1. The Labute approximate surface area is 196 Å². The van der Waals surface area contributed by atoms with Crippen molar-refractivity contribution in [2.75, 3.05) is 30.8 Å². The number of hydrogen-bond donors (Lipinski definition) is 2. The van der Waals surface area contributed by atoms with E-state index < -0.39 is 11.4 Å². The monoisotopic (exact) mass is 468 g/mol. The third kappa shape index (κ3) is 4.00. The quantitative estimate of drug-likeness (QED) is 0.459. The molecule has 10 nitrogen and oxygen atoms in total. The van der Waals surface area contributed by atoms with E-state index in [0.717, 1.165) is 37.3 Å². The zero-order valence-corrected chi connectivity index (χ0v) is 19.8. The molecule has 1 aliphatic heterocycles. The third-order valence-electron chi connectivity index (χ3n) is 6.16. The number of anilines is 2. The number of aryl methyl sites for hydroxylation is 1. The van der Waals surface area contributed by atoms with E-state index in [9.17, 15) is 9.50 Å². The van der Waals surface area contributed by atoms with E-state index in [1.807, 2.05) is 13.1 Å². The van der Waals surface area contributed by atoms with Crippen molar-refractivity contribution < 1.29 is 14.2 Å². The molecule has 180 valence electrons. The Morgan fingerprint density at radius 1 is 1.26 bits per heavy atom. The Balaban J connectivity index is 1.49. The summed E-state index contributed by atoms with van der Waals surface area (Å²) in [6, 6.07) is 2.66. The molecule has 0 bridgehead atoms. The van der Waals surface area contributed by atoms with Crippen molar-refractivity contribution in [2.45, 2.75) is 51.7 Å². The molecule has 0 amide bonds. The van der Waals surface area contributed by atoms with Crippen LogP contribution in [-0.2, 0) is 6.54 Å². The normalized spacial score (nSPS) is 17.1. The van der Waals surface area contributed by atoms with Crippen molar-refractivity contribution in [1.82, 2.24) is 29.4 Å². The average Bonchev–Trinajstić information content (AvgIpc) is 3.37. The topological polar surface area (TPSA) is 120 Å². The number of rotatable bonds is 5. The lowest BCUT2D eigenvalue weighted by Crippen LogP contribution is -2.35. The minimum atomic E-state index is -0.848. The van der Waals surface area contributed by atoms with Gasteiger partial charge in [0.05, 0.1) is 36.0 Å². The van der Waals surface area contributed by atoms with Crippen LogP contribution in [0.2, 0.25) is 0 Å². The number of fused-ring (bicyclic) bond motifs is 3. The van der Waals surface area contributed by atoms with Gasteiger partial charge in [0.15, 0.2) is 11.5 Å². The maximum Gasteiger partial charge on any atom is 0.223 e. The molecule has 5 rings (SSSR count). The molecule has 0 saturated carbocycles. The molecule has 4 aromatic rings. The maximum atomic E-state index is 14.2. The molecule has 1 saturated heterocycles. The van der Waals surface area contributed by atoms with E-state index in [1.165, 1.54) is 23.8 Å². The molecule has 0 spiro atoms. The molecular formula is C23H29FN8O2. The number of hydrogen-bond acceptors (Lipinski definition) is 8. The van der Waals surface area contributed by atoms with Gasteiger partial charge in [0.25, 0.3) is 0 Å². The minimum absolute atomic E-state index is 0.0654. The van der Waals surface area contributed by atoms with Gasteiger partial charge in [-0.1, -0.05) is 0 Å². The second kappa shape index (κ2) is 8.08. The van der Waals surface area contributed by atoms with Crippen molar-refractivity contribution in [3.8, 4) is 5.75 Å². The summed E-state index contributed by atoms with van der Waals surface area (Å²) in [6.07, 6.45) is 3.87. The molecule has 1 atom stereocenters. The van der Waals surface area contributed by atoms with E-state index >= 15 is 0 Å². The number of methoxy groups -OCH3 is 1. The van der Waals surface area contributed by atoms with Gasteiger partial charge in [-0.25, -0.2) is 14.4 Å². The fourth-order valence-electron chi connectivity index (χ4n) is 4.71. The number of aromatic nitrogens is 6. The molecule has 1 aliphatic rings. The summed E-state index contributed by atoms with van der Waals surface area (Å²) in [7, 11) is 1.47. The van der Waals surface area contributed by atoms with E-state index in [-0.39, 0.29) is 11.9 Å². The minimum Gasteiger partial charge on any atom is -0.494 e. The number of halogens is 1. The zero-order chi connectivity index (χ0) is 24.2. The van der Waals surface area contributed by atoms with Gasteiger partial charge in [0.1, 0.15) is 17.1 Å². The van der Waals surface area contributed by atoms with Crippen LogP contribution < -0.4 is 15.4 Å². The highest BCUT2D eigenvalue weighted by molar-refractivity contribution is 5.95. The number of piperidine rings is 1. The van der Waals surface area contributed by atoms with Gasteiger partial charge >= 0.3 is 0 Å². The summed E-state index contributed by atoms with van der Waals surface area (Å²) in [5.41, 5.74) is 8.19. The highest BCUT2D eigenvalue weighted by Crippen LogP contribution is 2.33. The summed E-state index contributed by atoms with van der Waals surface area (Å²) < 4.78 is 22.8. The van der Waals surface area contributed by atoms with Gasteiger partial charge in [0, 0.05) is 31.3 Å². The smallest absolute Gasteiger partial charge is 0.223 e. The molecule has 3 aromatic heterocycles. The molecule has 4 heterocycles. The van der Waals surface area contributed by atoms with Crippen molar-refractivity contribution >= 4 is 28.2 Å². The Kier molecular flexibility index (Phi) is 5.31. The molecule has 1 aromatic carbocycles. The van der Waals surface area contributed by atoms with E-state index in [1.54, 1.807) is 18.5 Å².